The summed E-state index contributed by atoms with van der Waals surface area (Å²) in [4.78, 5) is 24.8. The predicted octanol–water partition coefficient (Wildman–Crippen LogP) is 2.53. The van der Waals surface area contributed by atoms with E-state index in [0.717, 1.165) is 49.4 Å². The Morgan fingerprint density at radius 1 is 1.19 bits per heavy atom. The maximum absolute atomic E-state index is 12.7. The van der Waals surface area contributed by atoms with E-state index in [9.17, 15) is 4.79 Å². The zero-order chi connectivity index (χ0) is 18.4. The summed E-state index contributed by atoms with van der Waals surface area (Å²) in [5.74, 6) is 0.746. The molecule has 0 aliphatic carbocycles. The van der Waals surface area contributed by atoms with Gasteiger partial charge in [-0.1, -0.05) is 6.07 Å². The zero-order valence-corrected chi connectivity index (χ0v) is 15.3. The third kappa shape index (κ3) is 2.83. The van der Waals surface area contributed by atoms with E-state index < -0.39 is 0 Å². The second-order valence-corrected chi connectivity index (χ2v) is 7.43. The summed E-state index contributed by atoms with van der Waals surface area (Å²) >= 11 is 0. The van der Waals surface area contributed by atoms with Gasteiger partial charge >= 0.3 is 0 Å². The summed E-state index contributed by atoms with van der Waals surface area (Å²) < 4.78 is 1.67. The predicted molar refractivity (Wildman–Crippen MR) is 102 cm³/mol. The largest absolute Gasteiger partial charge is 0.349 e. The summed E-state index contributed by atoms with van der Waals surface area (Å²) in [6, 6.07) is 8.52. The average Bonchev–Trinajstić information content (AvgIpc) is 3.32. The average molecular weight is 362 g/mol. The molecule has 138 valence electrons. The first-order valence-corrected chi connectivity index (χ1v) is 9.57. The minimum Gasteiger partial charge on any atom is -0.349 e. The fraction of sp³-hybridized carbons (Fsp3) is 0.400. The van der Waals surface area contributed by atoms with Crippen molar-refractivity contribution in [1.29, 1.82) is 0 Å². The van der Waals surface area contributed by atoms with Crippen LogP contribution in [-0.2, 0) is 6.42 Å². The molecule has 1 amide bonds. The van der Waals surface area contributed by atoms with Gasteiger partial charge in [-0.05, 0) is 50.8 Å². The lowest BCUT2D eigenvalue weighted by molar-refractivity contribution is 0.0940. The Bertz CT molecular complexity index is 1010. The lowest BCUT2D eigenvalue weighted by Gasteiger charge is -2.26. The van der Waals surface area contributed by atoms with Crippen LogP contribution in [0, 0.1) is 0 Å². The third-order valence-electron chi connectivity index (χ3n) is 5.53. The topological polar surface area (TPSA) is 75.4 Å². The molecule has 1 fully saturated rings. The van der Waals surface area contributed by atoms with Crippen molar-refractivity contribution >= 4 is 17.4 Å². The van der Waals surface area contributed by atoms with Crippen LogP contribution in [0.5, 0.6) is 0 Å². The molecule has 2 unspecified atom stereocenters. The molecule has 7 nitrogen and oxygen atoms in total. The number of anilines is 1. The highest BCUT2D eigenvalue weighted by molar-refractivity contribution is 5.99. The van der Waals surface area contributed by atoms with E-state index in [2.05, 4.69) is 33.5 Å². The first-order chi connectivity index (χ1) is 13.2. The van der Waals surface area contributed by atoms with Crippen LogP contribution in [0.25, 0.3) is 5.65 Å². The number of nitrogens with one attached hydrogen (secondary N) is 1. The van der Waals surface area contributed by atoms with Crippen molar-refractivity contribution in [3.63, 3.8) is 0 Å². The van der Waals surface area contributed by atoms with Crippen LogP contribution in [0.2, 0.25) is 0 Å². The Hall–Kier alpha value is -2.96. The maximum Gasteiger partial charge on any atom is 0.256 e. The first kappa shape index (κ1) is 16.2. The zero-order valence-electron chi connectivity index (χ0n) is 15.3. The SMILES string of the molecule is CC1CCc2cccc(n2)C2CCCN2c2ccn3ncc(c3n2)C(=O)N1. The van der Waals surface area contributed by atoms with Crippen LogP contribution < -0.4 is 10.2 Å². The molecule has 1 N–H and O–H groups in total. The molecule has 0 radical (unpaired) electrons. The number of carbonyl (C=O) groups is 1. The minimum absolute atomic E-state index is 0.0482. The Morgan fingerprint density at radius 2 is 2.11 bits per heavy atom. The van der Waals surface area contributed by atoms with Gasteiger partial charge in [-0.15, -0.1) is 0 Å². The fourth-order valence-electron chi connectivity index (χ4n) is 4.09. The van der Waals surface area contributed by atoms with E-state index in [0.29, 0.717) is 11.2 Å². The number of fused-ring (bicyclic) bond motifs is 6. The van der Waals surface area contributed by atoms with Gasteiger partial charge < -0.3 is 10.2 Å². The Kier molecular flexibility index (Phi) is 3.81. The Balaban J connectivity index is 1.66. The van der Waals surface area contributed by atoms with Gasteiger partial charge in [0, 0.05) is 24.5 Å². The van der Waals surface area contributed by atoms with Crippen LogP contribution in [0.4, 0.5) is 5.82 Å². The number of pyridine rings is 1. The lowest BCUT2D eigenvalue weighted by Crippen LogP contribution is -2.33. The highest BCUT2D eigenvalue weighted by Gasteiger charge is 2.29. The van der Waals surface area contributed by atoms with Crippen molar-refractivity contribution in [3.8, 4) is 0 Å². The molecule has 7 heteroatoms. The van der Waals surface area contributed by atoms with E-state index in [-0.39, 0.29) is 18.0 Å². The monoisotopic (exact) mass is 362 g/mol. The summed E-state index contributed by atoms with van der Waals surface area (Å²) in [7, 11) is 0. The van der Waals surface area contributed by atoms with Gasteiger partial charge in [-0.2, -0.15) is 5.10 Å². The van der Waals surface area contributed by atoms with Crippen molar-refractivity contribution in [2.24, 2.45) is 0 Å². The van der Waals surface area contributed by atoms with Crippen LogP contribution in [-0.4, -0.2) is 38.1 Å². The molecule has 5 heterocycles. The van der Waals surface area contributed by atoms with Crippen molar-refractivity contribution in [2.75, 3.05) is 11.4 Å². The van der Waals surface area contributed by atoms with E-state index in [1.807, 2.05) is 19.2 Å². The van der Waals surface area contributed by atoms with Crippen LogP contribution in [0.1, 0.15) is 54.0 Å². The van der Waals surface area contributed by atoms with Gasteiger partial charge in [0.15, 0.2) is 5.65 Å². The number of rotatable bonds is 0. The Labute approximate surface area is 157 Å². The number of carbonyl (C=O) groups excluding carboxylic acids is 1. The molecule has 2 aliphatic heterocycles. The molecule has 0 saturated carbocycles. The minimum atomic E-state index is -0.126. The molecular weight excluding hydrogens is 340 g/mol. The second kappa shape index (κ2) is 6.33. The number of hydrogen-bond donors (Lipinski definition) is 1. The van der Waals surface area contributed by atoms with Crippen LogP contribution >= 0.6 is 0 Å². The molecule has 5 rings (SSSR count). The van der Waals surface area contributed by atoms with Gasteiger partial charge in [0.25, 0.3) is 5.91 Å². The van der Waals surface area contributed by atoms with E-state index in [1.54, 1.807) is 10.7 Å². The first-order valence-electron chi connectivity index (χ1n) is 9.57. The normalized spacial score (nSPS) is 22.6. The standard InChI is InChI=1S/C20H22N6O/c1-13-7-8-14-4-2-5-16(23-14)17-6-3-10-25(17)18-9-11-26-19(24-18)15(12-21-26)20(27)22-13/h2,4-5,9,11-13,17H,3,6-8,10H2,1H3,(H,22,27). The number of hydrogen-bond acceptors (Lipinski definition) is 5. The molecule has 1 saturated heterocycles. The van der Waals surface area contributed by atoms with Crippen molar-refractivity contribution < 1.29 is 4.79 Å². The molecule has 27 heavy (non-hydrogen) atoms. The fourth-order valence-corrected chi connectivity index (χ4v) is 4.09. The molecule has 2 atom stereocenters. The van der Waals surface area contributed by atoms with Crippen molar-refractivity contribution in [1.82, 2.24) is 24.9 Å². The molecule has 0 spiro atoms. The van der Waals surface area contributed by atoms with Gasteiger partial charge in [0.05, 0.1) is 17.9 Å². The molecule has 0 aromatic carbocycles. The number of aryl methyl sites for hydroxylation is 1. The quantitative estimate of drug-likeness (QED) is 0.665. The Morgan fingerprint density at radius 3 is 3.04 bits per heavy atom. The second-order valence-electron chi connectivity index (χ2n) is 7.43. The molecular formula is C20H22N6O. The van der Waals surface area contributed by atoms with Gasteiger partial charge in [-0.25, -0.2) is 9.50 Å². The summed E-state index contributed by atoms with van der Waals surface area (Å²) in [5, 5.41) is 7.37. The molecule has 2 aliphatic rings. The van der Waals surface area contributed by atoms with Crippen molar-refractivity contribution in [2.45, 2.75) is 44.7 Å². The smallest absolute Gasteiger partial charge is 0.256 e. The van der Waals surface area contributed by atoms with Gasteiger partial charge in [-0.3, -0.25) is 9.78 Å². The number of nitrogens with zero attached hydrogens (tertiary/aromatic N) is 5. The lowest BCUT2D eigenvalue weighted by atomic mass is 10.1. The van der Waals surface area contributed by atoms with Crippen LogP contribution in [0.15, 0.2) is 36.7 Å². The highest BCUT2D eigenvalue weighted by Crippen LogP contribution is 2.34. The highest BCUT2D eigenvalue weighted by atomic mass is 16.1. The molecule has 3 aromatic rings. The van der Waals surface area contributed by atoms with E-state index in [1.165, 1.54) is 0 Å². The molecule has 3 aromatic heterocycles. The number of amides is 1. The van der Waals surface area contributed by atoms with E-state index >= 15 is 0 Å². The van der Waals surface area contributed by atoms with Gasteiger partial charge in [0.1, 0.15) is 11.4 Å². The summed E-state index contributed by atoms with van der Waals surface area (Å²) in [6.07, 6.45) is 7.33. The van der Waals surface area contributed by atoms with Gasteiger partial charge in [0.2, 0.25) is 0 Å². The number of aromatic nitrogens is 4. The summed E-state index contributed by atoms with van der Waals surface area (Å²) in [5.41, 5.74) is 3.30. The molecule has 4 bridgehead atoms. The van der Waals surface area contributed by atoms with Crippen LogP contribution in [0.3, 0.4) is 0 Å². The van der Waals surface area contributed by atoms with E-state index in [4.69, 9.17) is 9.97 Å². The van der Waals surface area contributed by atoms with Crippen molar-refractivity contribution in [3.05, 3.63) is 53.6 Å². The maximum atomic E-state index is 12.7. The third-order valence-corrected chi connectivity index (χ3v) is 5.53. The summed E-state index contributed by atoms with van der Waals surface area (Å²) in [6.45, 7) is 2.96.